The molecule has 0 aromatic carbocycles. The lowest BCUT2D eigenvalue weighted by atomic mass is 9.94. The van der Waals surface area contributed by atoms with Gasteiger partial charge in [0.15, 0.2) is 0 Å². The molecule has 0 aliphatic carbocycles. The lowest BCUT2D eigenvalue weighted by Gasteiger charge is -2.30. The number of carbonyl (C=O) groups excluding carboxylic acids is 2. The Kier molecular flexibility index (Phi) is 7.00. The first kappa shape index (κ1) is 16.4. The lowest BCUT2D eigenvalue weighted by Crippen LogP contribution is -2.43. The Morgan fingerprint density at radius 3 is 2.30 bits per heavy atom. The van der Waals surface area contributed by atoms with Crippen LogP contribution in [0, 0.1) is 5.92 Å². The lowest BCUT2D eigenvalue weighted by molar-refractivity contribution is -0.138. The van der Waals surface area contributed by atoms with Crippen LogP contribution in [0.25, 0.3) is 0 Å². The molecule has 0 bridgehead atoms. The summed E-state index contributed by atoms with van der Waals surface area (Å²) >= 11 is 0. The number of nitrogens with one attached hydrogen (secondary N) is 2. The monoisotopic (exact) mass is 285 g/mol. The molecular formula is C13H23N3O4. The minimum absolute atomic E-state index is 0.0629. The summed E-state index contributed by atoms with van der Waals surface area (Å²) in [5.74, 6) is -0.697. The van der Waals surface area contributed by atoms with Gasteiger partial charge in [-0.1, -0.05) is 0 Å². The molecule has 0 aromatic heterocycles. The van der Waals surface area contributed by atoms with Crippen LogP contribution in [0.2, 0.25) is 0 Å². The zero-order valence-electron chi connectivity index (χ0n) is 11.9. The quantitative estimate of drug-likeness (QED) is 0.544. The second-order valence-electron chi connectivity index (χ2n) is 5.15. The Bertz CT molecular complexity index is 352. The third kappa shape index (κ3) is 7.08. The van der Waals surface area contributed by atoms with Crippen molar-refractivity contribution in [2.24, 2.45) is 5.92 Å². The average molecular weight is 285 g/mol. The highest BCUT2D eigenvalue weighted by Gasteiger charge is 2.22. The summed E-state index contributed by atoms with van der Waals surface area (Å²) in [7, 11) is 0. The smallest absolute Gasteiger partial charge is 0.303 e. The first-order valence-corrected chi connectivity index (χ1v) is 6.92. The number of carboxylic acid groups (broad SMARTS) is 1. The molecule has 20 heavy (non-hydrogen) atoms. The molecule has 1 fully saturated rings. The Morgan fingerprint density at radius 1 is 1.15 bits per heavy atom. The maximum absolute atomic E-state index is 11.7. The standard InChI is InChI=1S/C13H23N3O4/c1-10(17)14-4-5-15-12(18)9-16-6-2-11(3-7-16)8-13(19)20/h11H,2-9H2,1H3,(H,14,17)(H,15,18)(H,19,20). The Balaban J connectivity index is 2.11. The maximum Gasteiger partial charge on any atom is 0.303 e. The molecule has 1 aliphatic rings. The van der Waals surface area contributed by atoms with Gasteiger partial charge in [0.25, 0.3) is 0 Å². The highest BCUT2D eigenvalue weighted by molar-refractivity contribution is 5.78. The zero-order chi connectivity index (χ0) is 15.0. The average Bonchev–Trinajstić information content (AvgIpc) is 2.36. The van der Waals surface area contributed by atoms with E-state index in [-0.39, 0.29) is 24.2 Å². The fourth-order valence-corrected chi connectivity index (χ4v) is 2.30. The third-order valence-electron chi connectivity index (χ3n) is 3.36. The number of likely N-dealkylation sites (tertiary alicyclic amines) is 1. The molecule has 114 valence electrons. The number of carbonyl (C=O) groups is 3. The molecule has 3 N–H and O–H groups in total. The number of nitrogens with zero attached hydrogens (tertiary/aromatic N) is 1. The first-order valence-electron chi connectivity index (χ1n) is 6.92. The molecule has 0 aromatic rings. The number of hydrogen-bond acceptors (Lipinski definition) is 4. The molecule has 0 spiro atoms. The molecular weight excluding hydrogens is 262 g/mol. The van der Waals surface area contributed by atoms with E-state index in [1.54, 1.807) is 0 Å². The van der Waals surface area contributed by atoms with Gasteiger partial charge in [-0.25, -0.2) is 0 Å². The summed E-state index contributed by atoms with van der Waals surface area (Å²) in [6.45, 7) is 4.15. The van der Waals surface area contributed by atoms with Crippen molar-refractivity contribution in [2.75, 3.05) is 32.7 Å². The fourth-order valence-electron chi connectivity index (χ4n) is 2.30. The van der Waals surface area contributed by atoms with Crippen molar-refractivity contribution >= 4 is 17.8 Å². The van der Waals surface area contributed by atoms with Gasteiger partial charge in [0.2, 0.25) is 11.8 Å². The topological polar surface area (TPSA) is 98.7 Å². The van der Waals surface area contributed by atoms with Crippen molar-refractivity contribution in [1.82, 2.24) is 15.5 Å². The third-order valence-corrected chi connectivity index (χ3v) is 3.36. The number of aliphatic carboxylic acids is 1. The van der Waals surface area contributed by atoms with Crippen LogP contribution in [0.5, 0.6) is 0 Å². The minimum Gasteiger partial charge on any atom is -0.481 e. The summed E-state index contributed by atoms with van der Waals surface area (Å²) < 4.78 is 0. The van der Waals surface area contributed by atoms with Crippen molar-refractivity contribution in [2.45, 2.75) is 26.2 Å². The van der Waals surface area contributed by atoms with E-state index in [4.69, 9.17) is 5.11 Å². The predicted molar refractivity (Wildman–Crippen MR) is 73.1 cm³/mol. The maximum atomic E-state index is 11.7. The Morgan fingerprint density at radius 2 is 1.75 bits per heavy atom. The van der Waals surface area contributed by atoms with Crippen LogP contribution in [-0.4, -0.2) is 60.5 Å². The molecule has 7 heteroatoms. The molecule has 2 amide bonds. The SMILES string of the molecule is CC(=O)NCCNC(=O)CN1CCC(CC(=O)O)CC1. The summed E-state index contributed by atoms with van der Waals surface area (Å²) in [5.41, 5.74) is 0. The summed E-state index contributed by atoms with van der Waals surface area (Å²) in [4.78, 5) is 34.9. The summed E-state index contributed by atoms with van der Waals surface area (Å²) in [6.07, 6.45) is 1.87. The normalized spacial score (nSPS) is 16.6. The van der Waals surface area contributed by atoms with E-state index in [2.05, 4.69) is 10.6 Å². The van der Waals surface area contributed by atoms with Gasteiger partial charge in [0.05, 0.1) is 6.54 Å². The van der Waals surface area contributed by atoms with Gasteiger partial charge >= 0.3 is 5.97 Å². The second kappa shape index (κ2) is 8.52. The van der Waals surface area contributed by atoms with Crippen LogP contribution in [0.15, 0.2) is 0 Å². The molecule has 0 saturated carbocycles. The molecule has 1 heterocycles. The van der Waals surface area contributed by atoms with E-state index in [9.17, 15) is 14.4 Å². The van der Waals surface area contributed by atoms with E-state index < -0.39 is 5.97 Å². The number of amides is 2. The summed E-state index contributed by atoms with van der Waals surface area (Å²) in [5, 5.41) is 14.1. The van der Waals surface area contributed by atoms with Gasteiger partial charge in [-0.15, -0.1) is 0 Å². The molecule has 0 atom stereocenters. The first-order chi connectivity index (χ1) is 9.47. The van der Waals surface area contributed by atoms with Crippen LogP contribution in [0.1, 0.15) is 26.2 Å². The van der Waals surface area contributed by atoms with E-state index in [1.807, 2.05) is 4.90 Å². The molecule has 1 aliphatic heterocycles. The summed E-state index contributed by atoms with van der Waals surface area (Å²) in [6, 6.07) is 0. The van der Waals surface area contributed by atoms with E-state index in [1.165, 1.54) is 6.92 Å². The van der Waals surface area contributed by atoms with Crippen molar-refractivity contribution < 1.29 is 19.5 Å². The molecule has 1 rings (SSSR count). The van der Waals surface area contributed by atoms with E-state index >= 15 is 0 Å². The van der Waals surface area contributed by atoms with E-state index in [0.717, 1.165) is 25.9 Å². The van der Waals surface area contributed by atoms with Crippen molar-refractivity contribution in [1.29, 1.82) is 0 Å². The molecule has 1 saturated heterocycles. The molecule has 0 unspecified atom stereocenters. The van der Waals surface area contributed by atoms with Gasteiger partial charge in [-0.3, -0.25) is 19.3 Å². The van der Waals surface area contributed by atoms with Gasteiger partial charge in [-0.05, 0) is 31.8 Å². The second-order valence-corrected chi connectivity index (χ2v) is 5.15. The highest BCUT2D eigenvalue weighted by Crippen LogP contribution is 2.19. The predicted octanol–water partition coefficient (Wildman–Crippen LogP) is -0.575. The van der Waals surface area contributed by atoms with Crippen LogP contribution < -0.4 is 10.6 Å². The number of hydrogen-bond donors (Lipinski definition) is 3. The number of carboxylic acids is 1. The minimum atomic E-state index is -0.751. The van der Waals surface area contributed by atoms with E-state index in [0.29, 0.717) is 19.6 Å². The van der Waals surface area contributed by atoms with Crippen molar-refractivity contribution in [3.8, 4) is 0 Å². The zero-order valence-corrected chi connectivity index (χ0v) is 11.9. The van der Waals surface area contributed by atoms with Gasteiger partial charge in [0.1, 0.15) is 0 Å². The van der Waals surface area contributed by atoms with Crippen molar-refractivity contribution in [3.05, 3.63) is 0 Å². The fraction of sp³-hybridized carbons (Fsp3) is 0.769. The van der Waals surface area contributed by atoms with Gasteiger partial charge in [-0.2, -0.15) is 0 Å². The highest BCUT2D eigenvalue weighted by atomic mass is 16.4. The van der Waals surface area contributed by atoms with Crippen LogP contribution in [0.4, 0.5) is 0 Å². The molecule has 7 nitrogen and oxygen atoms in total. The van der Waals surface area contributed by atoms with Gasteiger partial charge in [0, 0.05) is 26.4 Å². The van der Waals surface area contributed by atoms with Crippen LogP contribution >= 0.6 is 0 Å². The number of piperidine rings is 1. The number of rotatable bonds is 7. The molecule has 0 radical (unpaired) electrons. The van der Waals surface area contributed by atoms with Crippen molar-refractivity contribution in [3.63, 3.8) is 0 Å². The van der Waals surface area contributed by atoms with Crippen LogP contribution in [-0.2, 0) is 14.4 Å². The van der Waals surface area contributed by atoms with Crippen LogP contribution in [0.3, 0.4) is 0 Å². The Labute approximate surface area is 118 Å². The largest absolute Gasteiger partial charge is 0.481 e. The van der Waals surface area contributed by atoms with Gasteiger partial charge < -0.3 is 15.7 Å². The Hall–Kier alpha value is -1.63.